The second kappa shape index (κ2) is 6.06. The first-order valence-electron chi connectivity index (χ1n) is 7.50. The summed E-state index contributed by atoms with van der Waals surface area (Å²) in [7, 11) is 2.27. The third kappa shape index (κ3) is 3.18. The molecule has 1 fully saturated rings. The number of benzene rings is 1. The average Bonchev–Trinajstić information content (AvgIpc) is 2.72. The summed E-state index contributed by atoms with van der Waals surface area (Å²) in [5.41, 5.74) is 4.40. The van der Waals surface area contributed by atoms with E-state index in [0.29, 0.717) is 12.1 Å². The molecule has 0 saturated carbocycles. The standard InChI is InChI=1S/C17H28N2/c1-12(2)18-11-15-9-10-19(5)17(15)16-8-6-7-13(3)14(16)4/h6-8,12,15,17-18H,9-11H2,1-5H3. The van der Waals surface area contributed by atoms with Gasteiger partial charge in [0.1, 0.15) is 0 Å². The Balaban J connectivity index is 2.21. The Morgan fingerprint density at radius 1 is 1.32 bits per heavy atom. The first-order valence-corrected chi connectivity index (χ1v) is 7.50. The topological polar surface area (TPSA) is 15.3 Å². The Labute approximate surface area is 118 Å². The van der Waals surface area contributed by atoms with Crippen LogP contribution in [0, 0.1) is 19.8 Å². The molecule has 1 N–H and O–H groups in total. The quantitative estimate of drug-likeness (QED) is 0.893. The van der Waals surface area contributed by atoms with Crippen molar-refractivity contribution in [3.05, 3.63) is 34.9 Å². The molecule has 0 radical (unpaired) electrons. The fraction of sp³-hybridized carbons (Fsp3) is 0.647. The summed E-state index contributed by atoms with van der Waals surface area (Å²) in [5, 5.41) is 3.62. The lowest BCUT2D eigenvalue weighted by molar-refractivity contribution is 0.268. The molecule has 1 heterocycles. The minimum atomic E-state index is 0.574. The van der Waals surface area contributed by atoms with Crippen LogP contribution in [-0.2, 0) is 0 Å². The summed E-state index contributed by atoms with van der Waals surface area (Å²) in [5.74, 6) is 0.730. The van der Waals surface area contributed by atoms with Crippen molar-refractivity contribution in [2.24, 2.45) is 5.92 Å². The van der Waals surface area contributed by atoms with Crippen LogP contribution >= 0.6 is 0 Å². The van der Waals surface area contributed by atoms with Crippen molar-refractivity contribution in [1.29, 1.82) is 0 Å². The highest BCUT2D eigenvalue weighted by Gasteiger charge is 2.33. The molecule has 2 atom stereocenters. The molecule has 1 saturated heterocycles. The van der Waals surface area contributed by atoms with E-state index in [1.807, 2.05) is 0 Å². The molecule has 1 aliphatic heterocycles. The predicted octanol–water partition coefficient (Wildman–Crippen LogP) is 3.29. The first kappa shape index (κ1) is 14.5. The van der Waals surface area contributed by atoms with Gasteiger partial charge in [0.05, 0.1) is 0 Å². The van der Waals surface area contributed by atoms with Crippen LogP contribution in [0.25, 0.3) is 0 Å². The van der Waals surface area contributed by atoms with Gasteiger partial charge in [-0.25, -0.2) is 0 Å². The number of aryl methyl sites for hydroxylation is 1. The van der Waals surface area contributed by atoms with Crippen LogP contribution in [0.15, 0.2) is 18.2 Å². The maximum atomic E-state index is 3.62. The normalized spacial score (nSPS) is 24.3. The third-order valence-electron chi connectivity index (χ3n) is 4.53. The summed E-state index contributed by atoms with van der Waals surface area (Å²) in [6.45, 7) is 11.3. The van der Waals surface area contributed by atoms with Crippen molar-refractivity contribution in [1.82, 2.24) is 10.2 Å². The van der Waals surface area contributed by atoms with Gasteiger partial charge in [0.25, 0.3) is 0 Å². The Morgan fingerprint density at radius 2 is 2.05 bits per heavy atom. The van der Waals surface area contributed by atoms with Crippen molar-refractivity contribution < 1.29 is 0 Å². The number of nitrogens with one attached hydrogen (secondary N) is 1. The van der Waals surface area contributed by atoms with Gasteiger partial charge in [-0.15, -0.1) is 0 Å². The monoisotopic (exact) mass is 260 g/mol. The van der Waals surface area contributed by atoms with Gasteiger partial charge in [-0.1, -0.05) is 32.0 Å². The maximum absolute atomic E-state index is 3.62. The van der Waals surface area contributed by atoms with Crippen molar-refractivity contribution in [3.8, 4) is 0 Å². The number of likely N-dealkylation sites (tertiary alicyclic amines) is 1. The number of rotatable bonds is 4. The highest BCUT2D eigenvalue weighted by atomic mass is 15.2. The molecule has 2 unspecified atom stereocenters. The number of nitrogens with zero attached hydrogens (tertiary/aromatic N) is 1. The largest absolute Gasteiger partial charge is 0.314 e. The van der Waals surface area contributed by atoms with E-state index in [9.17, 15) is 0 Å². The lowest BCUT2D eigenvalue weighted by Gasteiger charge is -2.28. The second-order valence-corrected chi connectivity index (χ2v) is 6.33. The van der Waals surface area contributed by atoms with Crippen LogP contribution in [0.4, 0.5) is 0 Å². The van der Waals surface area contributed by atoms with E-state index in [4.69, 9.17) is 0 Å². The van der Waals surface area contributed by atoms with Crippen LogP contribution in [0.1, 0.15) is 43.0 Å². The smallest absolute Gasteiger partial charge is 0.0388 e. The molecule has 0 bridgehead atoms. The van der Waals surface area contributed by atoms with Gasteiger partial charge >= 0.3 is 0 Å². The summed E-state index contributed by atoms with van der Waals surface area (Å²) in [6, 6.07) is 7.89. The van der Waals surface area contributed by atoms with Crippen LogP contribution in [0.3, 0.4) is 0 Å². The Kier molecular flexibility index (Phi) is 4.64. The van der Waals surface area contributed by atoms with E-state index < -0.39 is 0 Å². The van der Waals surface area contributed by atoms with Gasteiger partial charge < -0.3 is 5.32 Å². The SMILES string of the molecule is Cc1cccc(C2C(CNC(C)C)CCN2C)c1C. The van der Waals surface area contributed by atoms with Gasteiger partial charge in [-0.2, -0.15) is 0 Å². The molecular weight excluding hydrogens is 232 g/mol. The maximum Gasteiger partial charge on any atom is 0.0388 e. The Bertz CT molecular complexity index is 425. The van der Waals surface area contributed by atoms with Crippen LogP contribution in [0.5, 0.6) is 0 Å². The molecule has 2 heteroatoms. The third-order valence-corrected chi connectivity index (χ3v) is 4.53. The zero-order valence-corrected chi connectivity index (χ0v) is 13.0. The summed E-state index contributed by atoms with van der Waals surface area (Å²) >= 11 is 0. The Morgan fingerprint density at radius 3 is 2.74 bits per heavy atom. The molecule has 0 amide bonds. The summed E-state index contributed by atoms with van der Waals surface area (Å²) < 4.78 is 0. The molecule has 0 spiro atoms. The minimum Gasteiger partial charge on any atom is -0.314 e. The van der Waals surface area contributed by atoms with Crippen LogP contribution < -0.4 is 5.32 Å². The van der Waals surface area contributed by atoms with E-state index in [1.165, 1.54) is 29.7 Å². The lowest BCUT2D eigenvalue weighted by Crippen LogP contribution is -2.32. The van der Waals surface area contributed by atoms with Crippen molar-refractivity contribution >= 4 is 0 Å². The molecule has 0 aliphatic carbocycles. The summed E-state index contributed by atoms with van der Waals surface area (Å²) in [4.78, 5) is 2.52. The van der Waals surface area contributed by atoms with Crippen LogP contribution in [-0.4, -0.2) is 31.1 Å². The fourth-order valence-electron chi connectivity index (χ4n) is 3.21. The van der Waals surface area contributed by atoms with Crippen molar-refractivity contribution in [2.75, 3.05) is 20.1 Å². The lowest BCUT2D eigenvalue weighted by atomic mass is 9.89. The fourth-order valence-corrected chi connectivity index (χ4v) is 3.21. The van der Waals surface area contributed by atoms with Gasteiger partial charge in [0, 0.05) is 18.6 Å². The van der Waals surface area contributed by atoms with E-state index >= 15 is 0 Å². The zero-order valence-electron chi connectivity index (χ0n) is 13.0. The van der Waals surface area contributed by atoms with Crippen molar-refractivity contribution in [2.45, 2.75) is 46.2 Å². The number of hydrogen-bond acceptors (Lipinski definition) is 2. The molecule has 0 aromatic heterocycles. The second-order valence-electron chi connectivity index (χ2n) is 6.33. The average molecular weight is 260 g/mol. The highest BCUT2D eigenvalue weighted by molar-refractivity contribution is 5.36. The van der Waals surface area contributed by atoms with Crippen LogP contribution in [0.2, 0.25) is 0 Å². The predicted molar refractivity (Wildman–Crippen MR) is 82.5 cm³/mol. The van der Waals surface area contributed by atoms with E-state index in [2.05, 4.69) is 63.2 Å². The molecular formula is C17H28N2. The van der Waals surface area contributed by atoms with Gasteiger partial charge in [0.15, 0.2) is 0 Å². The zero-order chi connectivity index (χ0) is 14.0. The molecule has 19 heavy (non-hydrogen) atoms. The van der Waals surface area contributed by atoms with Gasteiger partial charge in [0.2, 0.25) is 0 Å². The molecule has 1 aromatic carbocycles. The van der Waals surface area contributed by atoms with E-state index in [1.54, 1.807) is 0 Å². The molecule has 1 aromatic rings. The molecule has 106 valence electrons. The van der Waals surface area contributed by atoms with E-state index in [0.717, 1.165) is 12.5 Å². The molecule has 2 rings (SSSR count). The van der Waals surface area contributed by atoms with Gasteiger partial charge in [-0.05, 0) is 56.5 Å². The summed E-state index contributed by atoms with van der Waals surface area (Å²) in [6.07, 6.45) is 1.30. The molecule has 2 nitrogen and oxygen atoms in total. The highest BCUT2D eigenvalue weighted by Crippen LogP contribution is 2.37. The first-order chi connectivity index (χ1) is 9.00. The van der Waals surface area contributed by atoms with Crippen molar-refractivity contribution in [3.63, 3.8) is 0 Å². The van der Waals surface area contributed by atoms with Gasteiger partial charge in [-0.3, -0.25) is 4.90 Å². The molecule has 1 aliphatic rings. The van der Waals surface area contributed by atoms with E-state index in [-0.39, 0.29) is 0 Å². The minimum absolute atomic E-state index is 0.574. The Hall–Kier alpha value is -0.860. The number of hydrogen-bond donors (Lipinski definition) is 1.